The summed E-state index contributed by atoms with van der Waals surface area (Å²) in [6, 6.07) is 20.7. The van der Waals surface area contributed by atoms with Crippen LogP contribution in [0, 0.1) is 5.92 Å². The second-order valence-electron chi connectivity index (χ2n) is 8.45. The molecule has 37 heavy (non-hydrogen) atoms. The van der Waals surface area contributed by atoms with Crippen LogP contribution in [-0.4, -0.2) is 43.8 Å². The van der Waals surface area contributed by atoms with Gasteiger partial charge in [-0.05, 0) is 55.5 Å². The molecule has 1 atom stereocenters. The van der Waals surface area contributed by atoms with Crippen LogP contribution >= 0.6 is 0 Å². The van der Waals surface area contributed by atoms with Crippen molar-refractivity contribution < 1.29 is 33.4 Å². The maximum absolute atomic E-state index is 12.6. The summed E-state index contributed by atoms with van der Waals surface area (Å²) in [6.07, 6.45) is -0.0133. The number of Topliss-reactive ketones (excluding diaryl/α,β-unsaturated/α-hetero) is 1. The lowest BCUT2D eigenvalue weighted by Gasteiger charge is -2.17. The number of hydrogen-bond donors (Lipinski definition) is 1. The predicted octanol–water partition coefficient (Wildman–Crippen LogP) is 4.22. The standard InChI is InChI=1S/C28H26N2O7/c1-18(31)19-6-5-7-21(14-19)29-26(32)17-36-28(34)20-15-27(33)30(16-20)22-10-12-23(13-11-22)37-25-9-4-3-8-24(25)35-2/h3-14,20H,15-17H2,1-2H3,(H,29,32)/t20-/m1/s1. The number of anilines is 2. The highest BCUT2D eigenvalue weighted by atomic mass is 16.5. The van der Waals surface area contributed by atoms with E-state index in [-0.39, 0.29) is 24.7 Å². The van der Waals surface area contributed by atoms with E-state index >= 15 is 0 Å². The van der Waals surface area contributed by atoms with Crippen molar-refractivity contribution >= 4 is 34.9 Å². The van der Waals surface area contributed by atoms with Gasteiger partial charge in [0.15, 0.2) is 23.9 Å². The Labute approximate surface area is 213 Å². The molecule has 9 nitrogen and oxygen atoms in total. The number of carbonyl (C=O) groups excluding carboxylic acids is 4. The average Bonchev–Trinajstić information content (AvgIpc) is 3.29. The number of ether oxygens (including phenoxy) is 3. The number of methoxy groups -OCH3 is 1. The van der Waals surface area contributed by atoms with E-state index in [2.05, 4.69) is 5.32 Å². The molecule has 9 heteroatoms. The van der Waals surface area contributed by atoms with Crippen molar-refractivity contribution in [2.75, 3.05) is 30.5 Å². The zero-order valence-electron chi connectivity index (χ0n) is 20.4. The van der Waals surface area contributed by atoms with E-state index in [4.69, 9.17) is 14.2 Å². The quantitative estimate of drug-likeness (QED) is 0.344. The molecule has 0 spiro atoms. The predicted molar refractivity (Wildman–Crippen MR) is 136 cm³/mol. The highest BCUT2D eigenvalue weighted by Gasteiger charge is 2.36. The molecule has 3 aromatic carbocycles. The first-order valence-electron chi connectivity index (χ1n) is 11.6. The molecule has 0 bridgehead atoms. The van der Waals surface area contributed by atoms with Crippen LogP contribution in [0.15, 0.2) is 72.8 Å². The summed E-state index contributed by atoms with van der Waals surface area (Å²) in [5.74, 6) is -0.473. The Morgan fingerprint density at radius 2 is 1.70 bits per heavy atom. The molecule has 0 radical (unpaired) electrons. The molecule has 2 amide bonds. The van der Waals surface area contributed by atoms with Crippen molar-refractivity contribution in [2.24, 2.45) is 5.92 Å². The highest BCUT2D eigenvalue weighted by molar-refractivity contribution is 6.00. The summed E-state index contributed by atoms with van der Waals surface area (Å²) in [5.41, 5.74) is 1.50. The molecule has 0 aromatic heterocycles. The van der Waals surface area contributed by atoms with Crippen LogP contribution in [0.1, 0.15) is 23.7 Å². The number of benzene rings is 3. The van der Waals surface area contributed by atoms with Crippen LogP contribution in [0.4, 0.5) is 11.4 Å². The molecular weight excluding hydrogens is 476 g/mol. The largest absolute Gasteiger partial charge is 0.493 e. The average molecular weight is 503 g/mol. The van der Waals surface area contributed by atoms with Crippen LogP contribution in [-0.2, 0) is 19.1 Å². The number of para-hydroxylation sites is 2. The second kappa shape index (κ2) is 11.4. The van der Waals surface area contributed by atoms with Crippen LogP contribution in [0.25, 0.3) is 0 Å². The Bertz CT molecular complexity index is 1320. The molecular formula is C28H26N2O7. The first-order chi connectivity index (χ1) is 17.8. The van der Waals surface area contributed by atoms with Crippen molar-refractivity contribution in [3.8, 4) is 17.2 Å². The van der Waals surface area contributed by atoms with Crippen LogP contribution in [0.5, 0.6) is 17.2 Å². The minimum atomic E-state index is -0.689. The molecule has 190 valence electrons. The lowest BCUT2D eigenvalue weighted by atomic mass is 10.1. The Kier molecular flexibility index (Phi) is 7.83. The highest BCUT2D eigenvalue weighted by Crippen LogP contribution is 2.33. The van der Waals surface area contributed by atoms with Crippen LogP contribution < -0.4 is 19.7 Å². The van der Waals surface area contributed by atoms with E-state index in [0.717, 1.165) is 0 Å². The van der Waals surface area contributed by atoms with Gasteiger partial charge in [0.2, 0.25) is 5.91 Å². The fourth-order valence-corrected chi connectivity index (χ4v) is 3.91. The number of carbonyl (C=O) groups is 4. The minimum Gasteiger partial charge on any atom is -0.493 e. The zero-order chi connectivity index (χ0) is 26.4. The van der Waals surface area contributed by atoms with E-state index < -0.39 is 24.4 Å². The fourth-order valence-electron chi connectivity index (χ4n) is 3.91. The monoisotopic (exact) mass is 502 g/mol. The summed E-state index contributed by atoms with van der Waals surface area (Å²) in [6.45, 7) is 1.08. The fraction of sp³-hybridized carbons (Fsp3) is 0.214. The van der Waals surface area contributed by atoms with E-state index in [1.54, 1.807) is 67.8 Å². The smallest absolute Gasteiger partial charge is 0.311 e. The molecule has 1 aliphatic rings. The summed E-state index contributed by atoms with van der Waals surface area (Å²) >= 11 is 0. The van der Waals surface area contributed by atoms with Gasteiger partial charge in [-0.25, -0.2) is 0 Å². The van der Waals surface area contributed by atoms with Crippen molar-refractivity contribution in [1.82, 2.24) is 0 Å². The number of rotatable bonds is 9. The van der Waals surface area contributed by atoms with Crippen LogP contribution in [0.3, 0.4) is 0 Å². The summed E-state index contributed by atoms with van der Waals surface area (Å²) in [5, 5.41) is 2.59. The Morgan fingerprint density at radius 3 is 2.41 bits per heavy atom. The molecule has 0 aliphatic carbocycles. The lowest BCUT2D eigenvalue weighted by Crippen LogP contribution is -2.28. The van der Waals surface area contributed by atoms with E-state index in [9.17, 15) is 19.2 Å². The first kappa shape index (κ1) is 25.4. The SMILES string of the molecule is COc1ccccc1Oc1ccc(N2C[C@H](C(=O)OCC(=O)Nc3cccc(C(C)=O)c3)CC2=O)cc1. The third-order valence-corrected chi connectivity index (χ3v) is 5.80. The Morgan fingerprint density at radius 1 is 0.973 bits per heavy atom. The molecule has 1 fully saturated rings. The topological polar surface area (TPSA) is 111 Å². The molecule has 1 aliphatic heterocycles. The number of nitrogens with zero attached hydrogens (tertiary/aromatic N) is 1. The van der Waals surface area contributed by atoms with Gasteiger partial charge < -0.3 is 24.4 Å². The van der Waals surface area contributed by atoms with Gasteiger partial charge in [-0.15, -0.1) is 0 Å². The number of esters is 1. The van der Waals surface area contributed by atoms with Gasteiger partial charge in [-0.2, -0.15) is 0 Å². The number of ketones is 1. The number of nitrogens with one attached hydrogen (secondary N) is 1. The Hall–Kier alpha value is -4.66. The lowest BCUT2D eigenvalue weighted by molar-refractivity contribution is -0.151. The van der Waals surface area contributed by atoms with E-state index in [1.807, 2.05) is 12.1 Å². The molecule has 0 saturated carbocycles. The summed E-state index contributed by atoms with van der Waals surface area (Å²) in [4.78, 5) is 50.3. The zero-order valence-corrected chi connectivity index (χ0v) is 20.4. The van der Waals surface area contributed by atoms with E-state index in [1.165, 1.54) is 11.8 Å². The second-order valence-corrected chi connectivity index (χ2v) is 8.45. The first-order valence-corrected chi connectivity index (χ1v) is 11.6. The van der Waals surface area contributed by atoms with Crippen LogP contribution in [0.2, 0.25) is 0 Å². The summed E-state index contributed by atoms with van der Waals surface area (Å²) in [7, 11) is 1.56. The van der Waals surface area contributed by atoms with Gasteiger partial charge >= 0.3 is 5.97 Å². The normalized spacial score (nSPS) is 14.7. The van der Waals surface area contributed by atoms with Gasteiger partial charge in [-0.1, -0.05) is 24.3 Å². The minimum absolute atomic E-state index is 0.0133. The van der Waals surface area contributed by atoms with Gasteiger partial charge in [0.25, 0.3) is 5.91 Å². The van der Waals surface area contributed by atoms with Gasteiger partial charge in [0, 0.05) is 29.9 Å². The maximum Gasteiger partial charge on any atom is 0.311 e. The van der Waals surface area contributed by atoms with E-state index in [0.29, 0.717) is 34.2 Å². The van der Waals surface area contributed by atoms with Crippen molar-refractivity contribution in [3.05, 3.63) is 78.4 Å². The maximum atomic E-state index is 12.6. The molecule has 0 unspecified atom stereocenters. The molecule has 1 saturated heterocycles. The molecule has 1 N–H and O–H groups in total. The van der Waals surface area contributed by atoms with Gasteiger partial charge in [0.1, 0.15) is 5.75 Å². The van der Waals surface area contributed by atoms with Crippen molar-refractivity contribution in [2.45, 2.75) is 13.3 Å². The van der Waals surface area contributed by atoms with Gasteiger partial charge in [-0.3, -0.25) is 19.2 Å². The molecule has 4 rings (SSSR count). The Balaban J connectivity index is 1.30. The van der Waals surface area contributed by atoms with Crippen molar-refractivity contribution in [1.29, 1.82) is 0 Å². The molecule has 1 heterocycles. The number of hydrogen-bond acceptors (Lipinski definition) is 7. The van der Waals surface area contributed by atoms with Crippen molar-refractivity contribution in [3.63, 3.8) is 0 Å². The van der Waals surface area contributed by atoms with Gasteiger partial charge in [0.05, 0.1) is 13.0 Å². The third-order valence-electron chi connectivity index (χ3n) is 5.80. The number of amides is 2. The molecule has 3 aromatic rings. The summed E-state index contributed by atoms with van der Waals surface area (Å²) < 4.78 is 16.3. The third kappa shape index (κ3) is 6.32.